The highest BCUT2D eigenvalue weighted by Gasteiger charge is 2.25. The summed E-state index contributed by atoms with van der Waals surface area (Å²) in [5.74, 6) is 0.915. The summed E-state index contributed by atoms with van der Waals surface area (Å²) in [5.41, 5.74) is 2.01. The molecule has 2 atom stereocenters. The zero-order chi connectivity index (χ0) is 13.9. The number of aryl methyl sites for hydroxylation is 1. The summed E-state index contributed by atoms with van der Waals surface area (Å²) < 4.78 is 6.30. The topological polar surface area (TPSA) is 34.1 Å². The predicted molar refractivity (Wildman–Crippen MR) is 82.2 cm³/mol. The van der Waals surface area contributed by atoms with E-state index in [4.69, 9.17) is 4.74 Å². The maximum Gasteiger partial charge on any atom is 0.146 e. The Kier molecular flexibility index (Phi) is 3.88. The van der Waals surface area contributed by atoms with Crippen LogP contribution in [0.2, 0.25) is 0 Å². The molecule has 0 bridgehead atoms. The monoisotopic (exact) mass is 270 g/mol. The summed E-state index contributed by atoms with van der Waals surface area (Å²) in [6.45, 7) is 2.02. The number of benzene rings is 1. The van der Waals surface area contributed by atoms with Crippen molar-refractivity contribution in [1.29, 1.82) is 0 Å². The molecule has 1 heterocycles. The Morgan fingerprint density at radius 2 is 2.00 bits per heavy atom. The number of aromatic nitrogens is 1. The first kappa shape index (κ1) is 13.4. The summed E-state index contributed by atoms with van der Waals surface area (Å²) in [7, 11) is 2.03. The minimum atomic E-state index is 0.252. The zero-order valence-corrected chi connectivity index (χ0v) is 12.2. The van der Waals surface area contributed by atoms with Crippen LogP contribution in [0.5, 0.6) is 5.75 Å². The summed E-state index contributed by atoms with van der Waals surface area (Å²) >= 11 is 0. The SMILES string of the molecule is CNC1CCCCC1Oc1cccc2ccc(C)nc12. The van der Waals surface area contributed by atoms with Crippen molar-refractivity contribution in [2.45, 2.75) is 44.8 Å². The van der Waals surface area contributed by atoms with Crippen LogP contribution in [-0.2, 0) is 0 Å². The van der Waals surface area contributed by atoms with Crippen LogP contribution in [0.1, 0.15) is 31.4 Å². The van der Waals surface area contributed by atoms with Gasteiger partial charge < -0.3 is 10.1 Å². The number of ether oxygens (including phenoxy) is 1. The Bertz CT molecular complexity index is 597. The Hall–Kier alpha value is -1.61. The van der Waals surface area contributed by atoms with E-state index in [1.54, 1.807) is 0 Å². The molecule has 2 unspecified atom stereocenters. The average Bonchev–Trinajstić information content (AvgIpc) is 2.48. The molecule has 2 aromatic rings. The number of hydrogen-bond donors (Lipinski definition) is 1. The van der Waals surface area contributed by atoms with Crippen LogP contribution < -0.4 is 10.1 Å². The van der Waals surface area contributed by atoms with E-state index in [0.717, 1.165) is 28.8 Å². The largest absolute Gasteiger partial charge is 0.487 e. The molecule has 1 N–H and O–H groups in total. The number of pyridine rings is 1. The molecule has 0 amide bonds. The van der Waals surface area contributed by atoms with Gasteiger partial charge >= 0.3 is 0 Å². The van der Waals surface area contributed by atoms with Crippen LogP contribution in [0.3, 0.4) is 0 Å². The van der Waals surface area contributed by atoms with Gasteiger partial charge in [-0.2, -0.15) is 0 Å². The molecule has 0 spiro atoms. The Labute approximate surface area is 120 Å². The maximum atomic E-state index is 6.30. The van der Waals surface area contributed by atoms with E-state index in [9.17, 15) is 0 Å². The highest BCUT2D eigenvalue weighted by atomic mass is 16.5. The first-order chi connectivity index (χ1) is 9.78. The van der Waals surface area contributed by atoms with Crippen LogP contribution >= 0.6 is 0 Å². The standard InChI is InChI=1S/C17H22N2O/c1-12-10-11-13-6-5-9-16(17(13)19-12)20-15-8-4-3-7-14(15)18-2/h5-6,9-11,14-15,18H,3-4,7-8H2,1-2H3. The fourth-order valence-electron chi connectivity index (χ4n) is 3.04. The van der Waals surface area contributed by atoms with Gasteiger partial charge in [0.05, 0.1) is 0 Å². The molecule has 0 saturated heterocycles. The normalized spacial score (nSPS) is 22.9. The van der Waals surface area contributed by atoms with Crippen LogP contribution in [0.4, 0.5) is 0 Å². The van der Waals surface area contributed by atoms with E-state index in [-0.39, 0.29) is 6.10 Å². The molecule has 20 heavy (non-hydrogen) atoms. The van der Waals surface area contributed by atoms with Crippen molar-refractivity contribution in [2.24, 2.45) is 0 Å². The zero-order valence-electron chi connectivity index (χ0n) is 12.2. The summed E-state index contributed by atoms with van der Waals surface area (Å²) in [6, 6.07) is 10.8. The molecule has 3 rings (SSSR count). The summed E-state index contributed by atoms with van der Waals surface area (Å²) in [6.07, 6.45) is 5.10. The summed E-state index contributed by atoms with van der Waals surface area (Å²) in [5, 5.41) is 4.53. The van der Waals surface area contributed by atoms with Gasteiger partial charge in [0.25, 0.3) is 0 Å². The lowest BCUT2D eigenvalue weighted by atomic mass is 9.92. The number of rotatable bonds is 3. The van der Waals surface area contributed by atoms with Gasteiger partial charge in [0.15, 0.2) is 0 Å². The van der Waals surface area contributed by atoms with Gasteiger partial charge in [-0.05, 0) is 45.4 Å². The van der Waals surface area contributed by atoms with Crippen LogP contribution in [0.25, 0.3) is 10.9 Å². The van der Waals surface area contributed by atoms with Gasteiger partial charge in [0.1, 0.15) is 17.4 Å². The number of fused-ring (bicyclic) bond motifs is 1. The minimum absolute atomic E-state index is 0.252. The fraction of sp³-hybridized carbons (Fsp3) is 0.471. The smallest absolute Gasteiger partial charge is 0.146 e. The van der Waals surface area contributed by atoms with Gasteiger partial charge in [-0.1, -0.05) is 24.6 Å². The molecular formula is C17H22N2O. The molecule has 1 aliphatic rings. The average molecular weight is 270 g/mol. The van der Waals surface area contributed by atoms with Crippen molar-refractivity contribution < 1.29 is 4.74 Å². The molecule has 1 aliphatic carbocycles. The first-order valence-corrected chi connectivity index (χ1v) is 7.48. The van der Waals surface area contributed by atoms with Crippen LogP contribution in [-0.4, -0.2) is 24.2 Å². The lowest BCUT2D eigenvalue weighted by molar-refractivity contribution is 0.119. The van der Waals surface area contributed by atoms with Gasteiger partial charge in [-0.3, -0.25) is 0 Å². The van der Waals surface area contributed by atoms with Crippen molar-refractivity contribution in [1.82, 2.24) is 10.3 Å². The molecule has 1 aromatic carbocycles. The van der Waals surface area contributed by atoms with Crippen LogP contribution in [0.15, 0.2) is 30.3 Å². The molecule has 106 valence electrons. The fourth-order valence-corrected chi connectivity index (χ4v) is 3.04. The van der Waals surface area contributed by atoms with Crippen LogP contribution in [0, 0.1) is 6.92 Å². The highest BCUT2D eigenvalue weighted by molar-refractivity contribution is 5.84. The quantitative estimate of drug-likeness (QED) is 0.927. The van der Waals surface area contributed by atoms with Crippen molar-refractivity contribution in [3.8, 4) is 5.75 Å². The number of para-hydroxylation sites is 1. The van der Waals surface area contributed by atoms with Crippen molar-refractivity contribution in [3.05, 3.63) is 36.0 Å². The highest BCUT2D eigenvalue weighted by Crippen LogP contribution is 2.28. The molecule has 1 aromatic heterocycles. The number of hydrogen-bond acceptors (Lipinski definition) is 3. The van der Waals surface area contributed by atoms with Gasteiger partial charge in [0.2, 0.25) is 0 Å². The van der Waals surface area contributed by atoms with E-state index < -0.39 is 0 Å². The molecule has 3 heteroatoms. The van der Waals surface area contributed by atoms with Crippen molar-refractivity contribution >= 4 is 10.9 Å². The molecule has 1 fully saturated rings. The number of nitrogens with zero attached hydrogens (tertiary/aromatic N) is 1. The maximum absolute atomic E-state index is 6.30. The second-order valence-corrected chi connectivity index (χ2v) is 5.62. The molecular weight excluding hydrogens is 248 g/mol. The third kappa shape index (κ3) is 2.63. The third-order valence-electron chi connectivity index (χ3n) is 4.17. The lowest BCUT2D eigenvalue weighted by Gasteiger charge is -2.31. The molecule has 1 saturated carbocycles. The van der Waals surface area contributed by atoms with E-state index in [0.29, 0.717) is 6.04 Å². The number of nitrogens with one attached hydrogen (secondary N) is 1. The van der Waals surface area contributed by atoms with Gasteiger partial charge in [-0.25, -0.2) is 4.98 Å². The molecule has 3 nitrogen and oxygen atoms in total. The second kappa shape index (κ2) is 5.80. The first-order valence-electron chi connectivity index (χ1n) is 7.48. The lowest BCUT2D eigenvalue weighted by Crippen LogP contribution is -2.43. The number of likely N-dealkylation sites (N-methyl/N-ethyl adjacent to an activating group) is 1. The molecule has 0 radical (unpaired) electrons. The van der Waals surface area contributed by atoms with Gasteiger partial charge in [-0.15, -0.1) is 0 Å². The predicted octanol–water partition coefficient (Wildman–Crippen LogP) is 3.45. The Balaban J connectivity index is 1.91. The second-order valence-electron chi connectivity index (χ2n) is 5.62. The van der Waals surface area contributed by atoms with Gasteiger partial charge in [0, 0.05) is 17.1 Å². The van der Waals surface area contributed by atoms with E-state index in [1.165, 1.54) is 19.3 Å². The van der Waals surface area contributed by atoms with E-state index in [1.807, 2.05) is 32.2 Å². The minimum Gasteiger partial charge on any atom is -0.487 e. The van der Waals surface area contributed by atoms with Crippen molar-refractivity contribution in [2.75, 3.05) is 7.05 Å². The van der Waals surface area contributed by atoms with E-state index in [2.05, 4.69) is 22.4 Å². The molecule has 0 aliphatic heterocycles. The Morgan fingerprint density at radius 3 is 2.85 bits per heavy atom. The summed E-state index contributed by atoms with van der Waals surface area (Å²) in [4.78, 5) is 4.65. The Morgan fingerprint density at radius 1 is 1.15 bits per heavy atom. The van der Waals surface area contributed by atoms with Crippen molar-refractivity contribution in [3.63, 3.8) is 0 Å². The third-order valence-corrected chi connectivity index (χ3v) is 4.17. The van der Waals surface area contributed by atoms with E-state index >= 15 is 0 Å².